The van der Waals surface area contributed by atoms with E-state index >= 15 is 0 Å². The molecule has 0 aliphatic carbocycles. The highest BCUT2D eigenvalue weighted by Gasteiger charge is 2.16. The zero-order chi connectivity index (χ0) is 22.8. The maximum atomic E-state index is 12.0. The van der Waals surface area contributed by atoms with E-state index in [2.05, 4.69) is 10.6 Å². The van der Waals surface area contributed by atoms with Gasteiger partial charge in [0.15, 0.2) is 18.4 Å². The minimum Gasteiger partial charge on any atom is -0.368 e. The van der Waals surface area contributed by atoms with E-state index in [1.807, 2.05) is 0 Å². The lowest BCUT2D eigenvalue weighted by molar-refractivity contribution is -0.127. The Morgan fingerprint density at radius 3 is 1.83 bits per heavy atom. The van der Waals surface area contributed by atoms with Crippen LogP contribution in [0.5, 0.6) is 0 Å². The molecule has 30 heavy (non-hydrogen) atoms. The molecule has 0 aliphatic rings. The molecule has 4 N–H and O–H groups in total. The van der Waals surface area contributed by atoms with E-state index in [4.69, 9.17) is 19.7 Å². The number of rotatable bonds is 19. The smallest absolute Gasteiger partial charge is 0.220 e. The minimum absolute atomic E-state index is 0.0250. The van der Waals surface area contributed by atoms with Crippen molar-refractivity contribution in [2.45, 2.75) is 97.2 Å². The van der Waals surface area contributed by atoms with Crippen molar-refractivity contribution in [2.24, 2.45) is 0 Å². The summed E-state index contributed by atoms with van der Waals surface area (Å²) in [4.78, 5) is 35.5. The molecule has 0 aromatic carbocycles. The Labute approximate surface area is 179 Å². The van der Waals surface area contributed by atoms with E-state index < -0.39 is 18.6 Å². The van der Waals surface area contributed by atoms with Crippen molar-refractivity contribution in [1.82, 2.24) is 10.6 Å². The second kappa shape index (κ2) is 18.2. The van der Waals surface area contributed by atoms with Gasteiger partial charge >= 0.3 is 0 Å². The van der Waals surface area contributed by atoms with Crippen LogP contribution in [-0.4, -0.2) is 66.2 Å². The van der Waals surface area contributed by atoms with Crippen LogP contribution in [0.4, 0.5) is 0 Å². The molecule has 0 heterocycles. The first-order valence-corrected chi connectivity index (χ1v) is 10.9. The quantitative estimate of drug-likeness (QED) is 0.179. The van der Waals surface area contributed by atoms with Gasteiger partial charge in [0, 0.05) is 32.6 Å². The summed E-state index contributed by atoms with van der Waals surface area (Å²) in [7, 11) is 0. The number of Topliss-reactive ketones (excluding diaryl/α,β-unsaturated/α-hetero) is 1. The van der Waals surface area contributed by atoms with Gasteiger partial charge in [-0.1, -0.05) is 0 Å². The van der Waals surface area contributed by atoms with Gasteiger partial charge in [-0.05, 0) is 65.7 Å². The number of amides is 2. The SMILES string of the molecule is CC(=O)C(CCCCNC(=O)CCCCOC(C)O)NC(=O)CCCCOC(C)O. The van der Waals surface area contributed by atoms with Gasteiger partial charge < -0.3 is 30.3 Å². The maximum absolute atomic E-state index is 12.0. The molecule has 176 valence electrons. The van der Waals surface area contributed by atoms with Crippen molar-refractivity contribution in [3.63, 3.8) is 0 Å². The van der Waals surface area contributed by atoms with Crippen molar-refractivity contribution in [2.75, 3.05) is 19.8 Å². The Bertz CT molecular complexity index is 484. The summed E-state index contributed by atoms with van der Waals surface area (Å²) in [5, 5.41) is 23.6. The Balaban J connectivity index is 3.81. The fourth-order valence-corrected chi connectivity index (χ4v) is 2.72. The van der Waals surface area contributed by atoms with Crippen LogP contribution in [0.2, 0.25) is 0 Å². The van der Waals surface area contributed by atoms with Gasteiger partial charge in [0.2, 0.25) is 11.8 Å². The molecule has 0 spiro atoms. The molecule has 0 aromatic rings. The molecule has 0 aromatic heterocycles. The van der Waals surface area contributed by atoms with E-state index in [0.29, 0.717) is 64.7 Å². The first-order chi connectivity index (χ1) is 14.2. The largest absolute Gasteiger partial charge is 0.368 e. The number of ether oxygens (including phenoxy) is 2. The fourth-order valence-electron chi connectivity index (χ4n) is 2.72. The second-order valence-corrected chi connectivity index (χ2v) is 7.43. The van der Waals surface area contributed by atoms with Crippen LogP contribution >= 0.6 is 0 Å². The van der Waals surface area contributed by atoms with Gasteiger partial charge in [-0.2, -0.15) is 0 Å². The van der Waals surface area contributed by atoms with Gasteiger partial charge in [0.1, 0.15) is 0 Å². The van der Waals surface area contributed by atoms with Crippen LogP contribution in [0.25, 0.3) is 0 Å². The molecular weight excluding hydrogens is 392 g/mol. The maximum Gasteiger partial charge on any atom is 0.220 e. The predicted octanol–water partition coefficient (Wildman–Crippen LogP) is 1.40. The molecule has 0 saturated heterocycles. The van der Waals surface area contributed by atoms with Crippen molar-refractivity contribution < 1.29 is 34.1 Å². The number of hydrogen-bond donors (Lipinski definition) is 4. The molecule has 0 radical (unpaired) electrons. The standard InChI is InChI=1S/C21H40N2O7/c1-16(24)19(23-21(28)12-6-9-15-30-18(3)26)10-4-7-13-22-20(27)11-5-8-14-29-17(2)25/h17-19,25-26H,4-15H2,1-3H3,(H,22,27)(H,23,28). The number of ketones is 1. The number of carbonyl (C=O) groups is 3. The van der Waals surface area contributed by atoms with E-state index in [1.165, 1.54) is 13.8 Å². The topological polar surface area (TPSA) is 134 Å². The number of unbranched alkanes of at least 4 members (excludes halogenated alkanes) is 3. The van der Waals surface area contributed by atoms with Crippen molar-refractivity contribution >= 4 is 17.6 Å². The second-order valence-electron chi connectivity index (χ2n) is 7.43. The normalized spacial score (nSPS) is 14.0. The van der Waals surface area contributed by atoms with Crippen LogP contribution in [0, 0.1) is 0 Å². The number of nitrogens with one attached hydrogen (secondary N) is 2. The highest BCUT2D eigenvalue weighted by atomic mass is 16.6. The monoisotopic (exact) mass is 432 g/mol. The molecule has 0 bridgehead atoms. The molecule has 9 nitrogen and oxygen atoms in total. The van der Waals surface area contributed by atoms with Gasteiger partial charge in [-0.3, -0.25) is 14.4 Å². The highest BCUT2D eigenvalue weighted by Crippen LogP contribution is 2.05. The average molecular weight is 433 g/mol. The van der Waals surface area contributed by atoms with Gasteiger partial charge in [-0.15, -0.1) is 0 Å². The third-order valence-electron chi connectivity index (χ3n) is 4.38. The summed E-state index contributed by atoms with van der Waals surface area (Å²) < 4.78 is 10.0. The number of hydrogen-bond acceptors (Lipinski definition) is 7. The predicted molar refractivity (Wildman–Crippen MR) is 112 cm³/mol. The van der Waals surface area contributed by atoms with E-state index in [9.17, 15) is 14.4 Å². The Morgan fingerprint density at radius 2 is 1.33 bits per heavy atom. The molecule has 3 atom stereocenters. The lowest BCUT2D eigenvalue weighted by atomic mass is 10.1. The van der Waals surface area contributed by atoms with Gasteiger partial charge in [-0.25, -0.2) is 0 Å². The summed E-state index contributed by atoms with van der Waals surface area (Å²) in [6.07, 6.45) is 3.83. The average Bonchev–Trinajstić information content (AvgIpc) is 2.65. The first-order valence-electron chi connectivity index (χ1n) is 10.9. The molecule has 2 amide bonds. The number of carbonyl (C=O) groups excluding carboxylic acids is 3. The number of aliphatic hydroxyl groups is 2. The molecule has 0 fully saturated rings. The van der Waals surface area contributed by atoms with Crippen molar-refractivity contribution in [3.05, 3.63) is 0 Å². The summed E-state index contributed by atoms with van der Waals surface area (Å²) in [6.45, 7) is 5.90. The van der Waals surface area contributed by atoms with Crippen LogP contribution in [0.1, 0.15) is 78.6 Å². The molecule has 0 saturated carbocycles. The van der Waals surface area contributed by atoms with E-state index in [-0.39, 0.29) is 17.6 Å². The zero-order valence-corrected chi connectivity index (χ0v) is 18.7. The molecule has 0 aliphatic heterocycles. The van der Waals surface area contributed by atoms with Crippen LogP contribution < -0.4 is 10.6 Å². The number of aliphatic hydroxyl groups excluding tert-OH is 2. The molecule has 9 heteroatoms. The third kappa shape index (κ3) is 18.5. The van der Waals surface area contributed by atoms with E-state index in [0.717, 1.165) is 12.8 Å². The third-order valence-corrected chi connectivity index (χ3v) is 4.38. The first kappa shape index (κ1) is 28.5. The highest BCUT2D eigenvalue weighted by molar-refractivity contribution is 5.87. The Morgan fingerprint density at radius 1 is 0.800 bits per heavy atom. The molecule has 3 unspecified atom stereocenters. The van der Waals surface area contributed by atoms with Crippen molar-refractivity contribution in [3.8, 4) is 0 Å². The zero-order valence-electron chi connectivity index (χ0n) is 18.7. The lowest BCUT2D eigenvalue weighted by Crippen LogP contribution is -2.39. The minimum atomic E-state index is -0.805. The van der Waals surface area contributed by atoms with E-state index in [1.54, 1.807) is 6.92 Å². The Kier molecular flexibility index (Phi) is 17.3. The Hall–Kier alpha value is -1.55. The van der Waals surface area contributed by atoms with Crippen LogP contribution in [-0.2, 0) is 23.9 Å². The summed E-state index contributed by atoms with van der Waals surface area (Å²) in [6, 6.07) is -0.504. The lowest BCUT2D eigenvalue weighted by Gasteiger charge is -2.16. The summed E-state index contributed by atoms with van der Waals surface area (Å²) in [5.41, 5.74) is 0. The van der Waals surface area contributed by atoms with Gasteiger partial charge in [0.05, 0.1) is 6.04 Å². The summed E-state index contributed by atoms with van der Waals surface area (Å²) in [5.74, 6) is -0.271. The van der Waals surface area contributed by atoms with Crippen LogP contribution in [0.15, 0.2) is 0 Å². The fraction of sp³-hybridized carbons (Fsp3) is 0.857. The molecule has 0 rings (SSSR count). The van der Waals surface area contributed by atoms with Crippen LogP contribution in [0.3, 0.4) is 0 Å². The van der Waals surface area contributed by atoms with Crippen molar-refractivity contribution in [1.29, 1.82) is 0 Å². The van der Waals surface area contributed by atoms with Gasteiger partial charge in [0.25, 0.3) is 0 Å². The summed E-state index contributed by atoms with van der Waals surface area (Å²) >= 11 is 0. The molecular formula is C21H40N2O7.